The highest BCUT2D eigenvalue weighted by Gasteiger charge is 2.55. The van der Waals surface area contributed by atoms with Gasteiger partial charge in [0.05, 0.1) is 25.9 Å². The lowest BCUT2D eigenvalue weighted by Gasteiger charge is -2.49. The van der Waals surface area contributed by atoms with Gasteiger partial charge in [-0.1, -0.05) is 111 Å². The first kappa shape index (κ1) is 71.5. The molecule has 0 radical (unpaired) electrons. The fourth-order valence-corrected chi connectivity index (χ4v) is 10.2. The highest BCUT2D eigenvalue weighted by molar-refractivity contribution is 5.78. The summed E-state index contributed by atoms with van der Waals surface area (Å²) in [5.41, 5.74) is 10.6. The lowest BCUT2D eigenvalue weighted by Crippen LogP contribution is -2.67. The highest BCUT2D eigenvalue weighted by atomic mass is 16.8. The number of guanidine groups is 1. The molecule has 24 nitrogen and oxygen atoms in total. The molecule has 0 bridgehead atoms. The molecule has 0 aliphatic carbocycles. The summed E-state index contributed by atoms with van der Waals surface area (Å²) < 4.78 is 42.6. The van der Waals surface area contributed by atoms with E-state index in [1.807, 2.05) is 20.8 Å². The van der Waals surface area contributed by atoms with Crippen molar-refractivity contribution in [3.63, 3.8) is 0 Å². The van der Waals surface area contributed by atoms with Gasteiger partial charge >= 0.3 is 5.97 Å². The number of aliphatic hydroxyl groups excluding tert-OH is 10. The molecule has 24 heteroatoms. The molecule has 80 heavy (non-hydrogen) atoms. The number of Topliss-reactive ketones (excluding diaryl/α,β-unsaturated/α-hetero) is 1. The molecule has 1 amide bonds. The molecule has 0 aromatic heterocycles. The monoisotopic (exact) mass is 1150 g/mol. The van der Waals surface area contributed by atoms with Crippen LogP contribution >= 0.6 is 0 Å². The van der Waals surface area contributed by atoms with Crippen LogP contribution in [0.15, 0.2) is 4.99 Å². The van der Waals surface area contributed by atoms with Crippen LogP contribution in [0.3, 0.4) is 0 Å². The number of esters is 1. The Morgan fingerprint density at radius 3 is 1.48 bits per heavy atom. The summed E-state index contributed by atoms with van der Waals surface area (Å²) in [6.07, 6.45) is -7.21. The van der Waals surface area contributed by atoms with Gasteiger partial charge < -0.3 is 101 Å². The van der Waals surface area contributed by atoms with Crippen molar-refractivity contribution in [1.29, 1.82) is 0 Å². The fourth-order valence-electron chi connectivity index (χ4n) is 10.2. The molecule has 3 aliphatic rings. The summed E-state index contributed by atoms with van der Waals surface area (Å²) in [5.74, 6) is -0.0586. The van der Waals surface area contributed by atoms with Crippen molar-refractivity contribution < 1.29 is 98.6 Å². The maximum absolute atomic E-state index is 13.4. The molecule has 3 saturated heterocycles. The number of aliphatic imine (C=N–C) groups is 1. The Balaban J connectivity index is 1.57. The average Bonchev–Trinajstić information content (AvgIpc) is 3.44. The second-order valence-electron chi connectivity index (χ2n) is 22.4. The molecule has 3 aliphatic heterocycles. The van der Waals surface area contributed by atoms with Crippen LogP contribution in [-0.2, 0) is 47.5 Å². The van der Waals surface area contributed by atoms with E-state index in [2.05, 4.69) is 10.3 Å². The third-order valence-electron chi connectivity index (χ3n) is 15.0. The lowest BCUT2D eigenvalue weighted by molar-refractivity contribution is -0.396. The second-order valence-corrected chi connectivity index (χ2v) is 22.4. The number of carbonyl (C=O) groups is 3. The maximum atomic E-state index is 13.4. The van der Waals surface area contributed by atoms with Crippen LogP contribution in [0.4, 0.5) is 0 Å². The minimum absolute atomic E-state index is 0.0344. The van der Waals surface area contributed by atoms with Crippen LogP contribution in [-0.4, -0.2) is 212 Å². The molecule has 2 unspecified atom stereocenters. The minimum atomic E-state index is -1.96. The largest absolute Gasteiger partial charge is 0.460 e. The van der Waals surface area contributed by atoms with Crippen LogP contribution in [0.1, 0.15) is 188 Å². The molecule has 17 atom stereocenters. The summed E-state index contributed by atoms with van der Waals surface area (Å²) in [7, 11) is 0. The summed E-state index contributed by atoms with van der Waals surface area (Å²) >= 11 is 0. The van der Waals surface area contributed by atoms with E-state index in [-0.39, 0.29) is 30.0 Å². The molecule has 468 valence electrons. The quantitative estimate of drug-likeness (QED) is 0.0178. The van der Waals surface area contributed by atoms with E-state index in [1.165, 1.54) is 12.8 Å². The number of carbonyl (C=O) groups excluding carboxylic acids is 3. The molecule has 3 heterocycles. The number of hydrogen-bond donors (Lipinski definition) is 13. The molecular weight excluding hydrogens is 1050 g/mol. The molecule has 15 N–H and O–H groups in total. The van der Waals surface area contributed by atoms with Gasteiger partial charge in [0, 0.05) is 38.8 Å². The number of ether oxygens (including phenoxy) is 7. The van der Waals surface area contributed by atoms with Gasteiger partial charge in [-0.15, -0.1) is 0 Å². The predicted molar refractivity (Wildman–Crippen MR) is 293 cm³/mol. The number of amides is 1. The number of nitrogens with zero attached hydrogens (tertiary/aromatic N) is 1. The van der Waals surface area contributed by atoms with Crippen molar-refractivity contribution in [1.82, 2.24) is 5.32 Å². The average molecular weight is 1150 g/mol. The summed E-state index contributed by atoms with van der Waals surface area (Å²) in [6.45, 7) is 4.54. The third-order valence-corrected chi connectivity index (χ3v) is 15.0. The second kappa shape index (κ2) is 40.5. The zero-order valence-electron chi connectivity index (χ0n) is 48.0. The van der Waals surface area contributed by atoms with Gasteiger partial charge in [0.2, 0.25) is 5.91 Å². The zero-order chi connectivity index (χ0) is 59.0. The van der Waals surface area contributed by atoms with Crippen molar-refractivity contribution in [2.75, 3.05) is 32.9 Å². The first-order chi connectivity index (χ1) is 38.4. The standard InChI is InChI=1S/C56H104N4O20/c1-4-5-17-26-38(75-55-52(80-54-50(73)48(71)45(68)40(33-62)77-54)51(46(69)41(34-63)78-55)79-53-49(72)47(70)44(67)39(32-61)76-53)37(74-43(66)31-35(2)3)27-20-15-12-14-19-25-36(64)24-18-13-10-8-6-7-9-11-16-21-28-42(65)59-29-22-23-30-60-56(57)58/h35,37-41,44-55,61-63,67-73H,4-34H2,1-3H3,(H,59,65)(H4,57,58,60)/t37?,38?,39-,40-,41-,44+,45-,46+,47+,48+,49-,50-,51+,52-,53+,54+,55-/m1/s1. The van der Waals surface area contributed by atoms with Gasteiger partial charge in [-0.3, -0.25) is 19.4 Å². The Morgan fingerprint density at radius 1 is 0.525 bits per heavy atom. The number of aliphatic hydroxyl groups is 10. The van der Waals surface area contributed by atoms with Gasteiger partial charge in [-0.05, 0) is 57.3 Å². The summed E-state index contributed by atoms with van der Waals surface area (Å²) in [5, 5.41) is 109. The van der Waals surface area contributed by atoms with Gasteiger partial charge in [0.25, 0.3) is 0 Å². The van der Waals surface area contributed by atoms with E-state index in [0.717, 1.165) is 103 Å². The Morgan fingerprint density at radius 2 is 0.975 bits per heavy atom. The van der Waals surface area contributed by atoms with Crippen LogP contribution in [0.2, 0.25) is 0 Å². The fraction of sp³-hybridized carbons (Fsp3) is 0.929. The maximum Gasteiger partial charge on any atom is 0.306 e. The van der Waals surface area contributed by atoms with E-state index in [0.29, 0.717) is 58.0 Å². The predicted octanol–water partition coefficient (Wildman–Crippen LogP) is 1.51. The van der Waals surface area contributed by atoms with E-state index >= 15 is 0 Å². The van der Waals surface area contributed by atoms with Crippen molar-refractivity contribution >= 4 is 23.6 Å². The van der Waals surface area contributed by atoms with Gasteiger partial charge in [-0.25, -0.2) is 0 Å². The number of hydrogen-bond acceptors (Lipinski definition) is 21. The molecule has 3 rings (SSSR count). The van der Waals surface area contributed by atoms with E-state index in [4.69, 9.17) is 44.6 Å². The van der Waals surface area contributed by atoms with E-state index in [9.17, 15) is 65.4 Å². The number of unbranched alkanes of at least 4 members (excludes halogenated alkanes) is 16. The normalized spacial score (nSPS) is 29.8. The molecule has 3 fully saturated rings. The molecule has 0 aromatic carbocycles. The topological polar surface area (TPSA) is 395 Å². The van der Waals surface area contributed by atoms with E-state index < -0.39 is 130 Å². The number of rotatable bonds is 43. The van der Waals surface area contributed by atoms with Crippen molar-refractivity contribution in [3.8, 4) is 0 Å². The first-order valence-corrected chi connectivity index (χ1v) is 29.9. The number of nitrogens with two attached hydrogens (primary N) is 2. The Bertz CT molecular complexity index is 1700. The van der Waals surface area contributed by atoms with Gasteiger partial charge in [-0.2, -0.15) is 0 Å². The van der Waals surface area contributed by atoms with Crippen molar-refractivity contribution in [2.45, 2.75) is 292 Å². The minimum Gasteiger partial charge on any atom is -0.460 e. The summed E-state index contributed by atoms with van der Waals surface area (Å²) in [4.78, 5) is 42.2. The van der Waals surface area contributed by atoms with Crippen LogP contribution in [0, 0.1) is 5.92 Å². The highest BCUT2D eigenvalue weighted by Crippen LogP contribution is 2.36. The molecular formula is C56H104N4O20. The summed E-state index contributed by atoms with van der Waals surface area (Å²) in [6, 6.07) is 0. The van der Waals surface area contributed by atoms with Crippen LogP contribution < -0.4 is 16.8 Å². The smallest absolute Gasteiger partial charge is 0.306 e. The van der Waals surface area contributed by atoms with Crippen LogP contribution in [0.5, 0.6) is 0 Å². The van der Waals surface area contributed by atoms with Crippen molar-refractivity contribution in [2.24, 2.45) is 22.4 Å². The van der Waals surface area contributed by atoms with Crippen LogP contribution in [0.25, 0.3) is 0 Å². The van der Waals surface area contributed by atoms with E-state index in [1.54, 1.807) is 0 Å². The lowest BCUT2D eigenvalue weighted by atomic mass is 9.95. The third kappa shape index (κ3) is 26.0. The van der Waals surface area contributed by atoms with Gasteiger partial charge in [0.15, 0.2) is 24.8 Å². The number of nitrogens with one attached hydrogen (secondary N) is 1. The number of ketones is 1. The first-order valence-electron chi connectivity index (χ1n) is 29.9. The molecule has 0 aromatic rings. The Hall–Kier alpha value is -2.76. The molecule has 0 saturated carbocycles. The zero-order valence-corrected chi connectivity index (χ0v) is 48.0. The van der Waals surface area contributed by atoms with Crippen molar-refractivity contribution in [3.05, 3.63) is 0 Å². The SMILES string of the molecule is CCCCCC(O[C@@H]1O[C@H](CO)[C@H](O)[C@H](O[C@@H]2O[C@H](CO)[C@H](O)[C@H](O)[C@H]2O)[C@H]1O[C@@H]1O[C@H](CO)[C@@H](O)[C@H](O)[C@H]1O)C(CCCCCCCC(=O)CCCCCCCCCCCCC(=O)NCCCCN=C(N)N)OC(=O)CC(C)C. The Labute approximate surface area is 473 Å². The Kier molecular flexibility index (Phi) is 36.2. The van der Waals surface area contributed by atoms with Gasteiger partial charge in [0.1, 0.15) is 85.1 Å². The molecule has 0 spiro atoms.